The zero-order chi connectivity index (χ0) is 16.1. The maximum absolute atomic E-state index is 13.3. The predicted molar refractivity (Wildman–Crippen MR) is 85.3 cm³/mol. The van der Waals surface area contributed by atoms with E-state index in [1.54, 1.807) is 0 Å². The number of nitrogens with one attached hydrogen (secondary N) is 1. The normalized spacial score (nSPS) is 35.3. The van der Waals surface area contributed by atoms with Crippen molar-refractivity contribution in [2.24, 2.45) is 11.8 Å². The molecule has 2 aliphatic rings. The van der Waals surface area contributed by atoms with Gasteiger partial charge in [0.1, 0.15) is 5.37 Å². The highest BCUT2D eigenvalue weighted by atomic mass is 80.0. The van der Waals surface area contributed by atoms with Crippen molar-refractivity contribution in [1.82, 2.24) is 5.32 Å². The number of alkyl halides is 6. The number of hydrogen-bond donors (Lipinski definition) is 1. The van der Waals surface area contributed by atoms with Crippen LogP contribution < -0.4 is 5.32 Å². The molecular formula is C11H15Br3F3NO2S. The number of fused-ring (bicyclic) bond motifs is 1. The van der Waals surface area contributed by atoms with Crippen LogP contribution in [0.15, 0.2) is 0 Å². The summed E-state index contributed by atoms with van der Waals surface area (Å²) in [5, 5.41) is 1.69. The first kappa shape index (κ1) is 18.5. The highest BCUT2D eigenvalue weighted by Gasteiger charge is 2.55. The molecule has 0 aromatic rings. The van der Waals surface area contributed by atoms with Gasteiger partial charge in [-0.05, 0) is 73.0 Å². The third-order valence-corrected chi connectivity index (χ3v) is 10.1. The van der Waals surface area contributed by atoms with Crippen LogP contribution in [0.5, 0.6) is 0 Å². The Morgan fingerprint density at radius 3 is 2.14 bits per heavy atom. The fraction of sp³-hybridized carbons (Fsp3) is 1.00. The van der Waals surface area contributed by atoms with Crippen LogP contribution in [0.3, 0.4) is 0 Å². The Kier molecular flexibility index (Phi) is 5.47. The first-order valence-corrected chi connectivity index (χ1v) is 10.5. The molecule has 1 aliphatic carbocycles. The Morgan fingerprint density at radius 1 is 1.05 bits per heavy atom. The molecule has 1 saturated heterocycles. The molecule has 1 saturated carbocycles. The molecule has 10 heteroatoms. The summed E-state index contributed by atoms with van der Waals surface area (Å²) in [6.07, 6.45) is -2.14. The van der Waals surface area contributed by atoms with Gasteiger partial charge in [-0.15, -0.1) is 0 Å². The lowest BCUT2D eigenvalue weighted by molar-refractivity contribution is -0.202. The molecule has 0 amide bonds. The predicted octanol–water partition coefficient (Wildman–Crippen LogP) is 4.25. The van der Waals surface area contributed by atoms with Crippen molar-refractivity contribution >= 4 is 57.6 Å². The minimum absolute atomic E-state index is 0.395. The van der Waals surface area contributed by atoms with Gasteiger partial charge in [0.05, 0.1) is 5.92 Å². The number of hydrogen-bond acceptors (Lipinski definition) is 3. The summed E-state index contributed by atoms with van der Waals surface area (Å²) in [6.45, 7) is 0. The van der Waals surface area contributed by atoms with Crippen molar-refractivity contribution < 1.29 is 21.6 Å². The summed E-state index contributed by atoms with van der Waals surface area (Å²) in [5.74, 6) is -2.10. The molecule has 4 atom stereocenters. The molecule has 0 aromatic heterocycles. The molecule has 21 heavy (non-hydrogen) atoms. The highest BCUT2D eigenvalue weighted by Crippen LogP contribution is 2.49. The topological polar surface area (TPSA) is 46.2 Å². The van der Waals surface area contributed by atoms with Gasteiger partial charge in [-0.2, -0.15) is 13.2 Å². The molecule has 2 fully saturated rings. The smallest absolute Gasteiger partial charge is 0.298 e. The standard InChI is InChI=1S/C11H15Br3F3NO2S/c12-11(13,14)21(19,20)9-5-7(10(15,16)17)6-3-1-2-4-8(6)18-9/h6-9,18H,1-5H2. The Hall–Kier alpha value is 1.14. The van der Waals surface area contributed by atoms with Gasteiger partial charge in [0, 0.05) is 6.04 Å². The lowest BCUT2D eigenvalue weighted by Gasteiger charge is -2.46. The molecule has 0 bridgehead atoms. The van der Waals surface area contributed by atoms with E-state index < -0.39 is 47.2 Å². The van der Waals surface area contributed by atoms with E-state index >= 15 is 0 Å². The van der Waals surface area contributed by atoms with Crippen molar-refractivity contribution in [3.05, 3.63) is 0 Å². The zero-order valence-electron chi connectivity index (χ0n) is 10.8. The minimum Gasteiger partial charge on any atom is -0.298 e. The van der Waals surface area contributed by atoms with Crippen LogP contribution >= 0.6 is 47.8 Å². The lowest BCUT2D eigenvalue weighted by Crippen LogP contribution is -2.59. The van der Waals surface area contributed by atoms with E-state index in [0.29, 0.717) is 12.8 Å². The first-order valence-electron chi connectivity index (χ1n) is 6.57. The van der Waals surface area contributed by atoms with Crippen LogP contribution in [-0.2, 0) is 9.84 Å². The second-order valence-electron chi connectivity index (χ2n) is 5.58. The average molecular weight is 522 g/mol. The SMILES string of the molecule is O=S(=O)(C1CC(C(F)(F)F)C2CCCCC2N1)C(Br)(Br)Br. The van der Waals surface area contributed by atoms with Crippen LogP contribution in [-0.4, -0.2) is 27.5 Å². The number of piperidine rings is 1. The fourth-order valence-corrected chi connectivity index (χ4v) is 6.48. The Morgan fingerprint density at radius 2 is 1.62 bits per heavy atom. The van der Waals surface area contributed by atoms with Crippen molar-refractivity contribution in [1.29, 1.82) is 0 Å². The Balaban J connectivity index is 2.31. The molecule has 3 nitrogen and oxygen atoms in total. The summed E-state index contributed by atoms with van der Waals surface area (Å²) in [4.78, 5) is 0. The van der Waals surface area contributed by atoms with Gasteiger partial charge in [-0.3, -0.25) is 5.32 Å². The van der Waals surface area contributed by atoms with E-state index in [2.05, 4.69) is 53.1 Å². The van der Waals surface area contributed by atoms with E-state index in [4.69, 9.17) is 0 Å². The summed E-state index contributed by atoms with van der Waals surface area (Å²) >= 11 is 8.75. The third kappa shape index (κ3) is 3.80. The van der Waals surface area contributed by atoms with Crippen molar-refractivity contribution in [2.45, 2.75) is 51.2 Å². The molecule has 0 spiro atoms. The summed E-state index contributed by atoms with van der Waals surface area (Å²) in [6, 6.07) is -0.395. The average Bonchev–Trinajstić information content (AvgIpc) is 2.34. The van der Waals surface area contributed by atoms with Gasteiger partial charge in [0.25, 0.3) is 0 Å². The monoisotopic (exact) mass is 519 g/mol. The van der Waals surface area contributed by atoms with Crippen molar-refractivity contribution in [3.63, 3.8) is 0 Å². The van der Waals surface area contributed by atoms with Gasteiger partial charge in [0.15, 0.2) is 0 Å². The van der Waals surface area contributed by atoms with Gasteiger partial charge in [-0.25, -0.2) is 8.42 Å². The minimum atomic E-state index is -4.37. The van der Waals surface area contributed by atoms with Crippen LogP contribution in [0.25, 0.3) is 0 Å². The first-order chi connectivity index (χ1) is 9.44. The molecule has 2 rings (SSSR count). The van der Waals surface area contributed by atoms with Crippen LogP contribution in [0, 0.1) is 11.8 Å². The second-order valence-corrected chi connectivity index (χ2v) is 16.2. The van der Waals surface area contributed by atoms with Crippen molar-refractivity contribution in [2.75, 3.05) is 0 Å². The maximum Gasteiger partial charge on any atom is 0.392 e. The third-order valence-electron chi connectivity index (χ3n) is 4.32. The van der Waals surface area contributed by atoms with Crippen LogP contribution in [0.1, 0.15) is 32.1 Å². The largest absolute Gasteiger partial charge is 0.392 e. The number of rotatable bonds is 1. The quantitative estimate of drug-likeness (QED) is 0.525. The zero-order valence-corrected chi connectivity index (χ0v) is 16.4. The lowest BCUT2D eigenvalue weighted by atomic mass is 9.72. The summed E-state index contributed by atoms with van der Waals surface area (Å²) in [5.41, 5.74) is 0. The van der Waals surface area contributed by atoms with Gasteiger partial charge in [-0.1, -0.05) is 12.8 Å². The summed E-state index contributed by atoms with van der Waals surface area (Å²) < 4.78 is 63.1. The van der Waals surface area contributed by atoms with Crippen molar-refractivity contribution in [3.8, 4) is 0 Å². The van der Waals surface area contributed by atoms with Gasteiger partial charge < -0.3 is 0 Å². The molecule has 0 aromatic carbocycles. The second kappa shape index (κ2) is 6.22. The number of sulfone groups is 1. The molecule has 1 heterocycles. The molecular weight excluding hydrogens is 507 g/mol. The molecule has 4 unspecified atom stereocenters. The highest BCUT2D eigenvalue weighted by molar-refractivity contribution is 9.42. The van der Waals surface area contributed by atoms with Crippen LogP contribution in [0.4, 0.5) is 13.2 Å². The molecule has 1 aliphatic heterocycles. The van der Waals surface area contributed by atoms with Crippen LogP contribution in [0.2, 0.25) is 0 Å². The Bertz CT molecular complexity index is 492. The maximum atomic E-state index is 13.3. The molecule has 124 valence electrons. The van der Waals surface area contributed by atoms with Gasteiger partial charge in [0.2, 0.25) is 11.3 Å². The van der Waals surface area contributed by atoms with E-state index in [9.17, 15) is 21.6 Å². The molecule has 0 radical (unpaired) electrons. The van der Waals surface area contributed by atoms with E-state index in [1.165, 1.54) is 0 Å². The fourth-order valence-electron chi connectivity index (χ4n) is 3.31. The molecule has 1 N–H and O–H groups in total. The van der Waals surface area contributed by atoms with E-state index in [0.717, 1.165) is 12.8 Å². The van der Waals surface area contributed by atoms with Gasteiger partial charge >= 0.3 is 6.18 Å². The Labute approximate surface area is 147 Å². The number of halogens is 6. The van der Waals surface area contributed by atoms with E-state index in [-0.39, 0.29) is 0 Å². The van der Waals surface area contributed by atoms with E-state index in [1.807, 2.05) is 0 Å². The summed E-state index contributed by atoms with van der Waals surface area (Å²) in [7, 11) is -3.90.